The van der Waals surface area contributed by atoms with Gasteiger partial charge in [-0.25, -0.2) is 4.39 Å². The van der Waals surface area contributed by atoms with Crippen molar-refractivity contribution in [2.45, 2.75) is 9.96 Å². The van der Waals surface area contributed by atoms with Crippen LogP contribution in [0.5, 0.6) is 0 Å². The van der Waals surface area contributed by atoms with Gasteiger partial charge < -0.3 is 16.0 Å². The number of rotatable bonds is 4. The highest BCUT2D eigenvalue weighted by Crippen LogP contribution is 2.30. The Kier molecular flexibility index (Phi) is 6.80. The van der Waals surface area contributed by atoms with E-state index in [4.69, 9.17) is 47.0 Å². The number of alkyl halides is 3. The number of hydrogen-bond donors (Lipinski definition) is 3. The van der Waals surface area contributed by atoms with Crippen LogP contribution in [0.4, 0.5) is 10.1 Å². The molecule has 0 aromatic heterocycles. The summed E-state index contributed by atoms with van der Waals surface area (Å²) >= 11 is 23.3. The third kappa shape index (κ3) is 5.48. The van der Waals surface area contributed by atoms with Crippen LogP contribution < -0.4 is 16.0 Å². The van der Waals surface area contributed by atoms with E-state index in [9.17, 15) is 9.18 Å². The lowest BCUT2D eigenvalue weighted by molar-refractivity contribution is 0.0930. The second kappa shape index (κ2) is 9.13. The van der Waals surface area contributed by atoms with Gasteiger partial charge in [0, 0.05) is 11.1 Å². The molecule has 1 amide bonds. The molecule has 0 aliphatic heterocycles. The van der Waals surface area contributed by atoms with Crippen molar-refractivity contribution in [2.24, 2.45) is 0 Å². The summed E-state index contributed by atoms with van der Waals surface area (Å²) < 4.78 is 11.9. The van der Waals surface area contributed by atoms with Crippen LogP contribution in [-0.4, -0.2) is 21.0 Å². The minimum Gasteiger partial charge on any atom is -0.339 e. The predicted molar refractivity (Wildman–Crippen MR) is 121 cm³/mol. The summed E-state index contributed by atoms with van der Waals surface area (Å²) in [7, 11) is 0. The lowest BCUT2D eigenvalue weighted by Crippen LogP contribution is -2.56. The smallest absolute Gasteiger partial charge is 0.255 e. The van der Waals surface area contributed by atoms with Crippen molar-refractivity contribution in [1.29, 1.82) is 0 Å². The standard InChI is InChI=1S/C20H15Cl3FN3OS/c21-20(22,23)18(26-17(28)14-9-3-4-10-15(14)24)27-19(29)25-16-11-5-7-12-6-1-2-8-13(12)16/h1-11,18H,(H,26,28)(H2,25,27,29)/t18-/m1/s1. The highest BCUT2D eigenvalue weighted by atomic mass is 35.6. The number of amides is 1. The molecule has 0 saturated carbocycles. The molecule has 0 unspecified atom stereocenters. The van der Waals surface area contributed by atoms with Crippen molar-refractivity contribution in [2.75, 3.05) is 5.32 Å². The lowest BCUT2D eigenvalue weighted by Gasteiger charge is -2.28. The average Bonchev–Trinajstić information content (AvgIpc) is 2.67. The molecule has 3 rings (SSSR count). The van der Waals surface area contributed by atoms with Crippen molar-refractivity contribution >= 4 is 74.5 Å². The summed E-state index contributed by atoms with van der Waals surface area (Å²) in [6.07, 6.45) is -1.21. The summed E-state index contributed by atoms with van der Waals surface area (Å²) in [5.41, 5.74) is 0.561. The zero-order valence-corrected chi connectivity index (χ0v) is 17.8. The Balaban J connectivity index is 1.76. The molecule has 0 bridgehead atoms. The third-order valence-corrected chi connectivity index (χ3v) is 4.91. The van der Waals surface area contributed by atoms with E-state index in [1.165, 1.54) is 24.3 Å². The van der Waals surface area contributed by atoms with E-state index in [1.807, 2.05) is 42.5 Å². The van der Waals surface area contributed by atoms with Crippen LogP contribution in [-0.2, 0) is 0 Å². The molecule has 0 spiro atoms. The zero-order chi connectivity index (χ0) is 21.0. The van der Waals surface area contributed by atoms with E-state index in [0.29, 0.717) is 0 Å². The van der Waals surface area contributed by atoms with Crippen LogP contribution in [0, 0.1) is 5.82 Å². The van der Waals surface area contributed by atoms with Gasteiger partial charge in [-0.2, -0.15) is 0 Å². The molecule has 3 aromatic carbocycles. The molecule has 0 saturated heterocycles. The molecule has 29 heavy (non-hydrogen) atoms. The summed E-state index contributed by atoms with van der Waals surface area (Å²) in [5.74, 6) is -1.44. The van der Waals surface area contributed by atoms with Crippen LogP contribution in [0.25, 0.3) is 10.8 Å². The number of anilines is 1. The fraction of sp³-hybridized carbons (Fsp3) is 0.100. The minimum absolute atomic E-state index is 0.117. The van der Waals surface area contributed by atoms with E-state index in [2.05, 4.69) is 16.0 Å². The number of carbonyl (C=O) groups is 1. The Morgan fingerprint density at radius 2 is 1.59 bits per heavy atom. The molecule has 0 aliphatic carbocycles. The molecule has 3 aromatic rings. The normalized spacial score (nSPS) is 12.3. The van der Waals surface area contributed by atoms with E-state index in [0.717, 1.165) is 16.5 Å². The molecular weight excluding hydrogens is 456 g/mol. The number of carbonyl (C=O) groups excluding carboxylic acids is 1. The maximum Gasteiger partial charge on any atom is 0.255 e. The van der Waals surface area contributed by atoms with E-state index < -0.39 is 21.7 Å². The van der Waals surface area contributed by atoms with Gasteiger partial charge in [-0.1, -0.05) is 83.3 Å². The van der Waals surface area contributed by atoms with Crippen LogP contribution in [0.1, 0.15) is 10.4 Å². The molecule has 0 heterocycles. The second-order valence-corrected chi connectivity index (χ2v) is 8.83. The number of benzene rings is 3. The largest absolute Gasteiger partial charge is 0.339 e. The zero-order valence-electron chi connectivity index (χ0n) is 14.8. The van der Waals surface area contributed by atoms with Crippen molar-refractivity contribution in [3.05, 3.63) is 78.1 Å². The van der Waals surface area contributed by atoms with Crippen LogP contribution in [0.2, 0.25) is 0 Å². The maximum atomic E-state index is 13.9. The first-order valence-electron chi connectivity index (χ1n) is 8.43. The van der Waals surface area contributed by atoms with Gasteiger partial charge in [-0.15, -0.1) is 0 Å². The molecule has 9 heteroatoms. The molecule has 0 radical (unpaired) electrons. The Bertz CT molecular complexity index is 1050. The van der Waals surface area contributed by atoms with Crippen LogP contribution in [0.3, 0.4) is 0 Å². The third-order valence-electron chi connectivity index (χ3n) is 4.03. The summed E-state index contributed by atoms with van der Waals surface area (Å²) in [4.78, 5) is 12.4. The van der Waals surface area contributed by atoms with Gasteiger partial charge in [0.1, 0.15) is 12.0 Å². The topological polar surface area (TPSA) is 53.2 Å². The molecule has 0 fully saturated rings. The van der Waals surface area contributed by atoms with Gasteiger partial charge >= 0.3 is 0 Å². The average molecular weight is 471 g/mol. The quantitative estimate of drug-likeness (QED) is 0.272. The monoisotopic (exact) mass is 469 g/mol. The van der Waals surface area contributed by atoms with Crippen molar-refractivity contribution < 1.29 is 9.18 Å². The van der Waals surface area contributed by atoms with E-state index in [1.54, 1.807) is 0 Å². The molecule has 3 N–H and O–H groups in total. The van der Waals surface area contributed by atoms with Gasteiger partial charge in [-0.05, 0) is 35.8 Å². The number of thiocarbonyl (C=S) groups is 1. The van der Waals surface area contributed by atoms with Gasteiger partial charge in [0.25, 0.3) is 5.91 Å². The Hall–Kier alpha value is -2.12. The number of fused-ring (bicyclic) bond motifs is 1. The molecular formula is C20H15Cl3FN3OS. The Morgan fingerprint density at radius 1 is 0.931 bits per heavy atom. The van der Waals surface area contributed by atoms with Gasteiger partial charge in [0.15, 0.2) is 5.11 Å². The summed E-state index contributed by atoms with van der Waals surface area (Å²) in [6.45, 7) is 0. The molecule has 1 atom stereocenters. The number of hydrogen-bond acceptors (Lipinski definition) is 2. The first-order valence-corrected chi connectivity index (χ1v) is 9.97. The van der Waals surface area contributed by atoms with Crippen molar-refractivity contribution in [1.82, 2.24) is 10.6 Å². The van der Waals surface area contributed by atoms with Crippen LogP contribution in [0.15, 0.2) is 66.7 Å². The van der Waals surface area contributed by atoms with Gasteiger partial charge in [0.2, 0.25) is 3.79 Å². The fourth-order valence-corrected chi connectivity index (χ4v) is 3.23. The first-order chi connectivity index (χ1) is 13.8. The van der Waals surface area contributed by atoms with E-state index >= 15 is 0 Å². The lowest BCUT2D eigenvalue weighted by atomic mass is 10.1. The summed E-state index contributed by atoms with van der Waals surface area (Å²) in [6, 6.07) is 18.9. The molecule has 150 valence electrons. The summed E-state index contributed by atoms with van der Waals surface area (Å²) in [5, 5.41) is 10.3. The SMILES string of the molecule is O=C(N[C@H](NC(=S)Nc1cccc2ccccc12)C(Cl)(Cl)Cl)c1ccccc1F. The van der Waals surface area contributed by atoms with E-state index in [-0.39, 0.29) is 10.7 Å². The molecule has 4 nitrogen and oxygen atoms in total. The Morgan fingerprint density at radius 3 is 2.31 bits per heavy atom. The maximum absolute atomic E-state index is 13.9. The molecule has 0 aliphatic rings. The minimum atomic E-state index is -1.95. The number of halogens is 4. The Labute approximate surface area is 187 Å². The van der Waals surface area contributed by atoms with Crippen LogP contribution >= 0.6 is 47.0 Å². The predicted octanol–water partition coefficient (Wildman–Crippen LogP) is 5.39. The highest BCUT2D eigenvalue weighted by molar-refractivity contribution is 7.80. The van der Waals surface area contributed by atoms with Crippen molar-refractivity contribution in [3.63, 3.8) is 0 Å². The van der Waals surface area contributed by atoms with Gasteiger partial charge in [0.05, 0.1) is 5.56 Å². The van der Waals surface area contributed by atoms with Crippen molar-refractivity contribution in [3.8, 4) is 0 Å². The number of nitrogens with one attached hydrogen (secondary N) is 3. The van der Waals surface area contributed by atoms with Gasteiger partial charge in [-0.3, -0.25) is 4.79 Å². The second-order valence-electron chi connectivity index (χ2n) is 6.05. The highest BCUT2D eigenvalue weighted by Gasteiger charge is 2.35. The fourth-order valence-electron chi connectivity index (χ4n) is 2.68. The first kappa shape index (κ1) is 21.6.